The van der Waals surface area contributed by atoms with Crippen LogP contribution in [0.5, 0.6) is 0 Å². The fraction of sp³-hybridized carbons (Fsp3) is 0.350. The van der Waals surface area contributed by atoms with Gasteiger partial charge in [-0.05, 0) is 30.8 Å². The molecule has 0 radical (unpaired) electrons. The van der Waals surface area contributed by atoms with E-state index < -0.39 is 17.8 Å². The molecule has 150 valence electrons. The zero-order chi connectivity index (χ0) is 20.1. The zero-order valence-corrected chi connectivity index (χ0v) is 15.5. The summed E-state index contributed by atoms with van der Waals surface area (Å²) in [5.41, 5.74) is 0.625. The second kappa shape index (κ2) is 8.52. The Morgan fingerprint density at radius 2 is 1.75 bits per heavy atom. The predicted octanol–water partition coefficient (Wildman–Crippen LogP) is 4.21. The Bertz CT molecular complexity index is 804. The standard InChI is InChI=1S/C20H22F3N3O2/c1-25-9-11-26(12-10-25)18-8-7-16(20(21,22)23)13-17(18)24-19(27)28-14-15-5-3-2-4-6-15/h2-8,13H,9-12,14H2,1H3,(H,24,27). The highest BCUT2D eigenvalue weighted by molar-refractivity contribution is 5.90. The van der Waals surface area contributed by atoms with E-state index in [9.17, 15) is 18.0 Å². The topological polar surface area (TPSA) is 44.8 Å². The molecule has 0 spiro atoms. The minimum atomic E-state index is -4.50. The number of rotatable bonds is 4. The van der Waals surface area contributed by atoms with Crippen LogP contribution in [0.25, 0.3) is 0 Å². The van der Waals surface area contributed by atoms with Crippen LogP contribution >= 0.6 is 0 Å². The SMILES string of the molecule is CN1CCN(c2ccc(C(F)(F)F)cc2NC(=O)OCc2ccccc2)CC1. The molecule has 1 heterocycles. The number of anilines is 2. The Hall–Kier alpha value is -2.74. The van der Waals surface area contributed by atoms with Crippen molar-refractivity contribution in [1.82, 2.24) is 4.90 Å². The molecule has 1 fully saturated rings. The van der Waals surface area contributed by atoms with Gasteiger partial charge in [0.05, 0.1) is 16.9 Å². The van der Waals surface area contributed by atoms with Gasteiger partial charge >= 0.3 is 12.3 Å². The number of hydrogen-bond donors (Lipinski definition) is 1. The van der Waals surface area contributed by atoms with Crippen molar-refractivity contribution < 1.29 is 22.7 Å². The summed E-state index contributed by atoms with van der Waals surface area (Å²) in [6.07, 6.45) is -5.29. The minimum absolute atomic E-state index is 0.0372. The molecule has 3 rings (SSSR count). The van der Waals surface area contributed by atoms with E-state index in [0.29, 0.717) is 18.8 Å². The maximum atomic E-state index is 13.1. The molecule has 0 aliphatic carbocycles. The van der Waals surface area contributed by atoms with Crippen LogP contribution in [0.1, 0.15) is 11.1 Å². The number of likely N-dealkylation sites (N-methyl/N-ethyl adjacent to an activating group) is 1. The molecule has 1 saturated heterocycles. The number of carbonyl (C=O) groups excluding carboxylic acids is 1. The van der Waals surface area contributed by atoms with Crippen molar-refractivity contribution in [2.24, 2.45) is 0 Å². The van der Waals surface area contributed by atoms with Gasteiger partial charge in [-0.3, -0.25) is 5.32 Å². The molecular weight excluding hydrogens is 371 g/mol. The summed E-state index contributed by atoms with van der Waals surface area (Å²) in [4.78, 5) is 16.3. The lowest BCUT2D eigenvalue weighted by molar-refractivity contribution is -0.137. The number of benzene rings is 2. The van der Waals surface area contributed by atoms with Crippen LogP contribution in [0.4, 0.5) is 29.3 Å². The molecule has 5 nitrogen and oxygen atoms in total. The molecule has 1 amide bonds. The Kier molecular flexibility index (Phi) is 6.08. The van der Waals surface area contributed by atoms with Crippen LogP contribution in [0, 0.1) is 0 Å². The van der Waals surface area contributed by atoms with Crippen LogP contribution in [0.2, 0.25) is 0 Å². The summed E-state index contributed by atoms with van der Waals surface area (Å²) in [5, 5.41) is 2.49. The third kappa shape index (κ3) is 5.16. The molecule has 0 aromatic heterocycles. The average Bonchev–Trinajstić information content (AvgIpc) is 2.67. The first-order valence-electron chi connectivity index (χ1n) is 8.95. The van der Waals surface area contributed by atoms with Crippen molar-refractivity contribution >= 4 is 17.5 Å². The highest BCUT2D eigenvalue weighted by Crippen LogP contribution is 2.36. The van der Waals surface area contributed by atoms with E-state index in [-0.39, 0.29) is 12.3 Å². The second-order valence-corrected chi connectivity index (χ2v) is 6.71. The summed E-state index contributed by atoms with van der Waals surface area (Å²) in [7, 11) is 1.99. The van der Waals surface area contributed by atoms with Gasteiger partial charge in [-0.2, -0.15) is 13.2 Å². The van der Waals surface area contributed by atoms with E-state index in [0.717, 1.165) is 30.8 Å². The molecule has 28 heavy (non-hydrogen) atoms. The number of piperazine rings is 1. The van der Waals surface area contributed by atoms with E-state index in [1.54, 1.807) is 12.1 Å². The van der Waals surface area contributed by atoms with Gasteiger partial charge in [-0.25, -0.2) is 4.79 Å². The van der Waals surface area contributed by atoms with E-state index >= 15 is 0 Å². The molecule has 1 aliphatic heterocycles. The predicted molar refractivity (Wildman–Crippen MR) is 101 cm³/mol. The quantitative estimate of drug-likeness (QED) is 0.846. The lowest BCUT2D eigenvalue weighted by Gasteiger charge is -2.35. The van der Waals surface area contributed by atoms with Gasteiger partial charge in [0.15, 0.2) is 0 Å². The zero-order valence-electron chi connectivity index (χ0n) is 15.5. The number of hydrogen-bond acceptors (Lipinski definition) is 4. The van der Waals surface area contributed by atoms with Crippen molar-refractivity contribution in [3.05, 3.63) is 59.7 Å². The second-order valence-electron chi connectivity index (χ2n) is 6.71. The smallest absolute Gasteiger partial charge is 0.416 e. The Labute approximate surface area is 161 Å². The van der Waals surface area contributed by atoms with E-state index in [4.69, 9.17) is 4.74 Å². The van der Waals surface area contributed by atoms with E-state index in [1.165, 1.54) is 6.07 Å². The fourth-order valence-corrected chi connectivity index (χ4v) is 3.00. The highest BCUT2D eigenvalue weighted by atomic mass is 19.4. The molecule has 2 aromatic rings. The Morgan fingerprint density at radius 3 is 2.39 bits per heavy atom. The van der Waals surface area contributed by atoms with Crippen LogP contribution in [-0.4, -0.2) is 44.2 Å². The number of carbonyl (C=O) groups is 1. The highest BCUT2D eigenvalue weighted by Gasteiger charge is 2.32. The van der Waals surface area contributed by atoms with Crippen LogP contribution in [-0.2, 0) is 17.5 Å². The average molecular weight is 393 g/mol. The third-order valence-electron chi connectivity index (χ3n) is 4.62. The van der Waals surface area contributed by atoms with Gasteiger partial charge in [0.2, 0.25) is 0 Å². The first kappa shape index (κ1) is 20.0. The van der Waals surface area contributed by atoms with Crippen LogP contribution < -0.4 is 10.2 Å². The maximum absolute atomic E-state index is 13.1. The summed E-state index contributed by atoms with van der Waals surface area (Å²) < 4.78 is 44.6. The molecule has 0 unspecified atom stereocenters. The van der Waals surface area contributed by atoms with Crippen molar-refractivity contribution in [2.75, 3.05) is 43.4 Å². The van der Waals surface area contributed by atoms with Gasteiger partial charge in [-0.1, -0.05) is 30.3 Å². The molecule has 1 aliphatic rings. The number of halogens is 3. The van der Waals surface area contributed by atoms with E-state index in [1.807, 2.05) is 30.1 Å². The lowest BCUT2D eigenvalue weighted by Crippen LogP contribution is -2.44. The van der Waals surface area contributed by atoms with Gasteiger partial charge in [0.1, 0.15) is 6.61 Å². The molecule has 2 aromatic carbocycles. The van der Waals surface area contributed by atoms with Gasteiger partial charge in [0, 0.05) is 26.2 Å². The molecule has 1 N–H and O–H groups in total. The number of nitrogens with zero attached hydrogens (tertiary/aromatic N) is 2. The summed E-state index contributed by atoms with van der Waals surface area (Å²) in [6.45, 7) is 2.94. The van der Waals surface area contributed by atoms with Crippen LogP contribution in [0.15, 0.2) is 48.5 Å². The Morgan fingerprint density at radius 1 is 1.07 bits per heavy atom. The van der Waals surface area contributed by atoms with Gasteiger partial charge < -0.3 is 14.5 Å². The Balaban J connectivity index is 1.76. The first-order valence-corrected chi connectivity index (χ1v) is 8.95. The summed E-state index contributed by atoms with van der Waals surface area (Å²) in [5.74, 6) is 0. The van der Waals surface area contributed by atoms with Gasteiger partial charge in [0.25, 0.3) is 0 Å². The summed E-state index contributed by atoms with van der Waals surface area (Å²) in [6, 6.07) is 12.5. The lowest BCUT2D eigenvalue weighted by atomic mass is 10.1. The molecular formula is C20H22F3N3O2. The number of ether oxygens (including phenoxy) is 1. The summed E-state index contributed by atoms with van der Waals surface area (Å²) >= 11 is 0. The third-order valence-corrected chi connectivity index (χ3v) is 4.62. The van der Waals surface area contributed by atoms with Gasteiger partial charge in [-0.15, -0.1) is 0 Å². The molecule has 8 heteroatoms. The van der Waals surface area contributed by atoms with Crippen molar-refractivity contribution in [1.29, 1.82) is 0 Å². The molecule has 0 atom stereocenters. The van der Waals surface area contributed by atoms with Crippen molar-refractivity contribution in [2.45, 2.75) is 12.8 Å². The molecule has 0 saturated carbocycles. The normalized spacial score (nSPS) is 15.4. The number of amides is 1. The van der Waals surface area contributed by atoms with Crippen molar-refractivity contribution in [3.63, 3.8) is 0 Å². The van der Waals surface area contributed by atoms with E-state index in [2.05, 4.69) is 10.2 Å². The maximum Gasteiger partial charge on any atom is 0.416 e. The minimum Gasteiger partial charge on any atom is -0.444 e. The van der Waals surface area contributed by atoms with Crippen molar-refractivity contribution in [3.8, 4) is 0 Å². The van der Waals surface area contributed by atoms with Crippen LogP contribution in [0.3, 0.4) is 0 Å². The monoisotopic (exact) mass is 393 g/mol. The number of alkyl halides is 3. The number of nitrogens with one attached hydrogen (secondary N) is 1. The largest absolute Gasteiger partial charge is 0.444 e. The first-order chi connectivity index (χ1) is 13.3. The molecule has 0 bridgehead atoms. The fourth-order valence-electron chi connectivity index (χ4n) is 3.00.